The van der Waals surface area contributed by atoms with Crippen LogP contribution in [0.25, 0.3) is 44.5 Å². The molecule has 4 heterocycles. The van der Waals surface area contributed by atoms with E-state index < -0.39 is 16.1 Å². The molecule has 0 amide bonds. The van der Waals surface area contributed by atoms with Crippen LogP contribution in [-0.2, 0) is 52.1 Å². The molecular formula is C82H75Br2ClO10Si2. The molecule has 10 nitrogen and oxygen atoms in total. The molecule has 492 valence electrons. The summed E-state index contributed by atoms with van der Waals surface area (Å²) in [7, 11) is -2.48. The molecule has 0 saturated heterocycles. The molecule has 0 saturated carbocycles. The quantitative estimate of drug-likeness (QED) is 0.0727. The molecule has 0 N–H and O–H groups in total. The predicted molar refractivity (Wildman–Crippen MR) is 398 cm³/mol. The molecule has 8 aromatic rings. The molecule has 0 fully saturated rings. The molecule has 15 heteroatoms. The van der Waals surface area contributed by atoms with Crippen LogP contribution in [0.3, 0.4) is 0 Å². The normalized spacial score (nSPS) is 15.9. The van der Waals surface area contributed by atoms with E-state index in [-0.39, 0.29) is 39.5 Å². The third kappa shape index (κ3) is 15.3. The Labute approximate surface area is 591 Å². The Hall–Kier alpha value is -8.22. The van der Waals surface area contributed by atoms with Crippen molar-refractivity contribution in [2.45, 2.75) is 148 Å². The Kier molecular flexibility index (Phi) is 20.3. The van der Waals surface area contributed by atoms with E-state index in [0.717, 1.165) is 185 Å². The minimum absolute atomic E-state index is 0.0583. The van der Waals surface area contributed by atoms with Crippen LogP contribution in [0.1, 0.15) is 164 Å². The zero-order chi connectivity index (χ0) is 68.6. The summed E-state index contributed by atoms with van der Waals surface area (Å²) in [6, 6.07) is 39.9. The molecule has 0 spiro atoms. The number of hydrogen-bond acceptors (Lipinski definition) is 10. The minimum atomic E-state index is -1.38. The number of carbonyl (C=O) groups is 6. The summed E-state index contributed by atoms with van der Waals surface area (Å²) in [4.78, 5) is 71.8. The SMILES string of the molecule is C#C[Si](C)(C)C.CC(=O)c1ccc2c(c1)COc1cc3c(cc1-2)CCCC3=O.C[Si](C)(C)C#Cc1ccc2c(c1)COc1cc3c(cc1-2)CCCC3=O.O=C(CBr)c1ccc2c(c1)COc1cc3c(cc1-2)CCC(Br)C3=O.O=C1CCCc2cc3c(cc21)OCc1cc(Cl)ccc1-3. The fraction of sp³-hybridized carbons (Fsp3) is 0.293. The molecule has 0 radical (unpaired) electrons. The number of aryl methyl sites for hydroxylation is 4. The summed E-state index contributed by atoms with van der Waals surface area (Å²) in [5.74, 6) is 7.44. The van der Waals surface area contributed by atoms with Gasteiger partial charge in [-0.3, -0.25) is 28.8 Å². The van der Waals surface area contributed by atoms with Gasteiger partial charge in [-0.2, -0.15) is 0 Å². The first-order chi connectivity index (χ1) is 46.4. The lowest BCUT2D eigenvalue weighted by Gasteiger charge is -2.26. The van der Waals surface area contributed by atoms with E-state index in [1.165, 1.54) is 11.1 Å². The average Bonchev–Trinajstić information content (AvgIpc) is 0.787. The van der Waals surface area contributed by atoms with Crippen molar-refractivity contribution in [1.29, 1.82) is 0 Å². The highest BCUT2D eigenvalue weighted by Gasteiger charge is 2.31. The van der Waals surface area contributed by atoms with E-state index in [4.69, 9.17) is 37.0 Å². The van der Waals surface area contributed by atoms with Crippen LogP contribution in [-0.4, -0.2) is 61.0 Å². The lowest BCUT2D eigenvalue weighted by molar-refractivity contribution is 0.0964. The number of ketones is 6. The van der Waals surface area contributed by atoms with E-state index in [0.29, 0.717) is 62.1 Å². The van der Waals surface area contributed by atoms with Crippen molar-refractivity contribution in [3.63, 3.8) is 0 Å². The lowest BCUT2D eigenvalue weighted by atomic mass is 9.85. The van der Waals surface area contributed by atoms with Gasteiger partial charge in [0.2, 0.25) is 0 Å². The Morgan fingerprint density at radius 3 is 1.27 bits per heavy atom. The summed E-state index contributed by atoms with van der Waals surface area (Å²) >= 11 is 12.7. The summed E-state index contributed by atoms with van der Waals surface area (Å²) < 4.78 is 23.5. The Bertz CT molecular complexity index is 4720. The summed E-state index contributed by atoms with van der Waals surface area (Å²) in [5.41, 5.74) is 29.5. The zero-order valence-electron chi connectivity index (χ0n) is 55.7. The van der Waals surface area contributed by atoms with Crippen molar-refractivity contribution in [3.8, 4) is 90.9 Å². The number of hydrogen-bond donors (Lipinski definition) is 0. The number of halogens is 3. The first-order valence-electron chi connectivity index (χ1n) is 33.2. The van der Waals surface area contributed by atoms with Crippen LogP contribution in [0.5, 0.6) is 23.0 Å². The van der Waals surface area contributed by atoms with Gasteiger partial charge >= 0.3 is 0 Å². The fourth-order valence-corrected chi connectivity index (χ4v) is 14.8. The maximum absolute atomic E-state index is 12.4. The van der Waals surface area contributed by atoms with Gasteiger partial charge in [0, 0.05) is 85.5 Å². The highest BCUT2D eigenvalue weighted by molar-refractivity contribution is 9.10. The van der Waals surface area contributed by atoms with Crippen LogP contribution >= 0.6 is 43.5 Å². The first-order valence-corrected chi connectivity index (χ1v) is 42.6. The largest absolute Gasteiger partial charge is 0.488 e. The fourth-order valence-electron chi connectivity index (χ4n) is 13.3. The second-order valence-corrected chi connectivity index (χ2v) is 39.4. The third-order valence-electron chi connectivity index (χ3n) is 18.4. The number of carbonyl (C=O) groups excluding carboxylic acids is 6. The number of Topliss-reactive ketones (excluding diaryl/α,β-unsaturated/α-hetero) is 6. The number of rotatable bonds is 3. The number of ether oxygens (including phenoxy) is 4. The highest BCUT2D eigenvalue weighted by Crippen LogP contribution is 2.46. The molecule has 0 aromatic heterocycles. The molecule has 4 aliphatic heterocycles. The predicted octanol–water partition coefficient (Wildman–Crippen LogP) is 19.6. The molecule has 8 aromatic carbocycles. The Balaban J connectivity index is 0.000000120. The number of fused-ring (bicyclic) bond motifs is 16. The molecule has 8 aliphatic rings. The summed E-state index contributed by atoms with van der Waals surface area (Å²) in [5, 5.41) is 1.04. The van der Waals surface area contributed by atoms with E-state index in [1.54, 1.807) is 6.92 Å². The van der Waals surface area contributed by atoms with Crippen LogP contribution < -0.4 is 18.9 Å². The van der Waals surface area contributed by atoms with Gasteiger partial charge in [-0.05, 0) is 210 Å². The standard InChI is InChI=1S/C22H22O2Si.C19H14Br2O3.C19H16O3.C17H13ClO2.C5H10Si/c1-25(2,3)10-9-15-7-8-18-17(11-15)14-24-22-13-19-16(12-20(18)22)5-4-6-21(19)23;20-8-17(22)11-1-3-13-12(5-11)9-24-18-7-14-10(6-15(13)18)2-4-16(21)19(14)23;1-11(20)12-5-6-15-14(7-12)10-22-19-9-16-13(8-17(15)19)3-2-4-18(16)21;18-12-4-5-13-11(6-12)9-20-17-8-14-10(7-15(13)17)2-1-3-16(14)19;1-5-6(2,3)4/h7-8,11-13H,4-6,14H2,1-3H3;1,3,5-7,16H,2,4,8-9H2;5-9H,2-4,10H2,1H3;4-8H,1-3,9H2;1H,2-4H3. The summed E-state index contributed by atoms with van der Waals surface area (Å²) in [6.45, 7) is 16.7. The molecule has 4 aliphatic carbocycles. The van der Waals surface area contributed by atoms with Gasteiger partial charge in [-0.1, -0.05) is 125 Å². The molecule has 97 heavy (non-hydrogen) atoms. The van der Waals surface area contributed by atoms with Gasteiger partial charge in [0.05, 0.1) is 10.2 Å². The van der Waals surface area contributed by atoms with Gasteiger partial charge in [-0.15, -0.1) is 17.5 Å². The second kappa shape index (κ2) is 28.7. The average molecular weight is 1470 g/mol. The van der Waals surface area contributed by atoms with Crippen LogP contribution in [0.4, 0.5) is 0 Å². The zero-order valence-corrected chi connectivity index (χ0v) is 61.7. The number of terminal acetylenes is 1. The van der Waals surface area contributed by atoms with Crippen molar-refractivity contribution in [3.05, 3.63) is 210 Å². The smallest absolute Gasteiger partial charge is 0.176 e. The monoisotopic (exact) mass is 1470 g/mol. The maximum atomic E-state index is 12.4. The van der Waals surface area contributed by atoms with Gasteiger partial charge in [0.25, 0.3) is 0 Å². The van der Waals surface area contributed by atoms with Crippen molar-refractivity contribution >= 4 is 94.3 Å². The van der Waals surface area contributed by atoms with Crippen LogP contribution in [0.2, 0.25) is 44.3 Å². The van der Waals surface area contributed by atoms with Crippen molar-refractivity contribution in [2.75, 3.05) is 5.33 Å². The van der Waals surface area contributed by atoms with Gasteiger partial charge < -0.3 is 18.9 Å². The van der Waals surface area contributed by atoms with Crippen molar-refractivity contribution in [1.82, 2.24) is 0 Å². The number of benzene rings is 8. The number of alkyl halides is 2. The Morgan fingerprint density at radius 1 is 0.464 bits per heavy atom. The minimum Gasteiger partial charge on any atom is -0.488 e. The second-order valence-electron chi connectivity index (χ2n) is 27.8. The van der Waals surface area contributed by atoms with Crippen LogP contribution in [0, 0.1) is 23.4 Å². The summed E-state index contributed by atoms with van der Waals surface area (Å²) in [6.07, 6.45) is 14.4. The van der Waals surface area contributed by atoms with Gasteiger partial charge in [0.1, 0.15) is 65.6 Å². The first kappa shape index (κ1) is 68.7. The van der Waals surface area contributed by atoms with E-state index in [2.05, 4.69) is 131 Å². The highest BCUT2D eigenvalue weighted by atomic mass is 79.9. The molecule has 16 rings (SSSR count). The molecule has 0 bridgehead atoms. The van der Waals surface area contributed by atoms with E-state index in [9.17, 15) is 28.8 Å². The molecular weight excluding hydrogens is 1400 g/mol. The van der Waals surface area contributed by atoms with Crippen LogP contribution in [0.15, 0.2) is 121 Å². The molecule has 1 unspecified atom stereocenters. The van der Waals surface area contributed by atoms with Crippen molar-refractivity contribution in [2.24, 2.45) is 0 Å². The maximum Gasteiger partial charge on any atom is 0.176 e. The van der Waals surface area contributed by atoms with Gasteiger partial charge in [-0.25, -0.2) is 0 Å². The Morgan fingerprint density at radius 2 is 0.845 bits per heavy atom. The topological polar surface area (TPSA) is 139 Å². The third-order valence-corrected chi connectivity index (χ3v) is 21.8. The molecule has 1 atom stereocenters. The van der Waals surface area contributed by atoms with E-state index >= 15 is 0 Å². The van der Waals surface area contributed by atoms with Crippen molar-refractivity contribution < 1.29 is 47.7 Å². The van der Waals surface area contributed by atoms with E-state index in [1.807, 2.05) is 78.9 Å². The van der Waals surface area contributed by atoms with Gasteiger partial charge in [0.15, 0.2) is 34.7 Å². The lowest BCUT2D eigenvalue weighted by Crippen LogP contribution is -2.23.